The highest BCUT2D eigenvalue weighted by Gasteiger charge is 2.14. The number of aryl methyl sites for hydroxylation is 1. The summed E-state index contributed by atoms with van der Waals surface area (Å²) in [5.74, 6) is -0.247. The summed E-state index contributed by atoms with van der Waals surface area (Å²) >= 11 is 4.45. The van der Waals surface area contributed by atoms with Crippen LogP contribution in [0, 0.1) is 0 Å². The number of amides is 1. The summed E-state index contributed by atoms with van der Waals surface area (Å²) in [5, 5.41) is 16.6. The van der Waals surface area contributed by atoms with E-state index < -0.39 is 0 Å². The predicted molar refractivity (Wildman–Crippen MR) is 82.7 cm³/mol. The molecular formula is C12H10N4OS3. The van der Waals surface area contributed by atoms with Crippen LogP contribution in [0.5, 0.6) is 0 Å². The van der Waals surface area contributed by atoms with Gasteiger partial charge in [-0.15, -0.1) is 32.9 Å². The molecule has 0 unspecified atom stereocenters. The van der Waals surface area contributed by atoms with E-state index in [9.17, 15) is 4.79 Å². The van der Waals surface area contributed by atoms with Crippen LogP contribution < -0.4 is 5.32 Å². The van der Waals surface area contributed by atoms with Crippen LogP contribution in [0.2, 0.25) is 0 Å². The molecule has 1 amide bonds. The third-order valence-corrected chi connectivity index (χ3v) is 5.32. The van der Waals surface area contributed by atoms with Crippen molar-refractivity contribution in [2.75, 3.05) is 5.32 Å². The average Bonchev–Trinajstić information content (AvgIpc) is 3.19. The van der Waals surface area contributed by atoms with Crippen LogP contribution in [0.25, 0.3) is 9.88 Å². The Morgan fingerprint density at radius 2 is 2.25 bits per heavy atom. The molecule has 8 heteroatoms. The van der Waals surface area contributed by atoms with Crippen LogP contribution in [-0.2, 0) is 6.42 Å². The van der Waals surface area contributed by atoms with Gasteiger partial charge in [-0.1, -0.05) is 24.3 Å². The van der Waals surface area contributed by atoms with Gasteiger partial charge in [0.2, 0.25) is 5.13 Å². The van der Waals surface area contributed by atoms with Crippen molar-refractivity contribution in [2.45, 2.75) is 13.3 Å². The number of thiophene rings is 1. The normalized spacial score (nSPS) is 10.7. The van der Waals surface area contributed by atoms with Crippen molar-refractivity contribution in [1.29, 1.82) is 0 Å². The fourth-order valence-electron chi connectivity index (χ4n) is 1.50. The van der Waals surface area contributed by atoms with Gasteiger partial charge in [0.05, 0.1) is 4.88 Å². The number of nitrogens with one attached hydrogen (secondary N) is 1. The molecule has 5 nitrogen and oxygen atoms in total. The molecule has 0 fully saturated rings. The first-order chi connectivity index (χ1) is 9.76. The first kappa shape index (κ1) is 13.3. The van der Waals surface area contributed by atoms with Crippen LogP contribution in [0.15, 0.2) is 22.9 Å². The number of carbonyl (C=O) groups is 1. The van der Waals surface area contributed by atoms with Gasteiger partial charge in [-0.25, -0.2) is 4.98 Å². The summed E-state index contributed by atoms with van der Waals surface area (Å²) in [6.45, 7) is 2.00. The Bertz CT molecular complexity index is 717. The van der Waals surface area contributed by atoms with Crippen LogP contribution in [0.4, 0.5) is 5.13 Å². The SMILES string of the molecule is CCc1nnc(NC(=O)c2csc(-c3cccs3)n2)s1. The molecule has 0 aliphatic rings. The van der Waals surface area contributed by atoms with E-state index >= 15 is 0 Å². The predicted octanol–water partition coefficient (Wildman–Crippen LogP) is 3.54. The molecule has 1 N–H and O–H groups in total. The molecule has 0 spiro atoms. The average molecular weight is 322 g/mol. The quantitative estimate of drug-likeness (QED) is 0.798. The third kappa shape index (κ3) is 2.77. The van der Waals surface area contributed by atoms with Gasteiger partial charge in [0, 0.05) is 5.38 Å². The van der Waals surface area contributed by atoms with Gasteiger partial charge in [0.15, 0.2) is 0 Å². The summed E-state index contributed by atoms with van der Waals surface area (Å²) in [5.41, 5.74) is 0.409. The molecule has 0 saturated heterocycles. The molecule has 102 valence electrons. The zero-order valence-corrected chi connectivity index (χ0v) is 12.9. The molecule has 0 aromatic carbocycles. The molecule has 0 bridgehead atoms. The third-order valence-electron chi connectivity index (χ3n) is 2.46. The second kappa shape index (κ2) is 5.78. The molecule has 3 heterocycles. The van der Waals surface area contributed by atoms with Gasteiger partial charge in [-0.3, -0.25) is 10.1 Å². The molecule has 0 aliphatic carbocycles. The van der Waals surface area contributed by atoms with E-state index in [1.54, 1.807) is 16.7 Å². The maximum atomic E-state index is 12.1. The molecule has 20 heavy (non-hydrogen) atoms. The lowest BCUT2D eigenvalue weighted by Crippen LogP contribution is -2.12. The van der Waals surface area contributed by atoms with Gasteiger partial charge >= 0.3 is 0 Å². The topological polar surface area (TPSA) is 67.8 Å². The van der Waals surface area contributed by atoms with E-state index in [2.05, 4.69) is 20.5 Å². The summed E-state index contributed by atoms with van der Waals surface area (Å²) in [7, 11) is 0. The number of rotatable bonds is 4. The highest BCUT2D eigenvalue weighted by Crippen LogP contribution is 2.28. The Morgan fingerprint density at radius 3 is 2.95 bits per heavy atom. The highest BCUT2D eigenvalue weighted by atomic mass is 32.1. The van der Waals surface area contributed by atoms with Gasteiger partial charge < -0.3 is 0 Å². The molecule has 3 aromatic heterocycles. The number of aromatic nitrogens is 3. The summed E-state index contributed by atoms with van der Waals surface area (Å²) in [6, 6.07) is 3.96. The molecule has 3 aromatic rings. The first-order valence-corrected chi connectivity index (χ1v) is 8.47. The second-order valence-electron chi connectivity index (χ2n) is 3.82. The molecule has 0 aliphatic heterocycles. The first-order valence-electron chi connectivity index (χ1n) is 5.89. The minimum Gasteiger partial charge on any atom is -0.295 e. The maximum absolute atomic E-state index is 12.1. The monoisotopic (exact) mass is 322 g/mol. The number of thiazole rings is 1. The summed E-state index contributed by atoms with van der Waals surface area (Å²) in [6.07, 6.45) is 0.812. The van der Waals surface area contributed by atoms with Crippen LogP contribution in [0.1, 0.15) is 22.4 Å². The Morgan fingerprint density at radius 1 is 1.35 bits per heavy atom. The number of hydrogen-bond donors (Lipinski definition) is 1. The molecule has 0 saturated carbocycles. The smallest absolute Gasteiger partial charge is 0.276 e. The maximum Gasteiger partial charge on any atom is 0.276 e. The van der Waals surface area contributed by atoms with Gasteiger partial charge in [-0.05, 0) is 17.9 Å². The minimum absolute atomic E-state index is 0.247. The van der Waals surface area contributed by atoms with Crippen molar-refractivity contribution in [2.24, 2.45) is 0 Å². The van der Waals surface area contributed by atoms with Crippen molar-refractivity contribution < 1.29 is 4.79 Å². The Kier molecular flexibility index (Phi) is 3.86. The highest BCUT2D eigenvalue weighted by molar-refractivity contribution is 7.20. The lowest BCUT2D eigenvalue weighted by atomic mass is 10.4. The van der Waals surface area contributed by atoms with Crippen LogP contribution in [-0.4, -0.2) is 21.1 Å². The van der Waals surface area contributed by atoms with E-state index in [0.717, 1.165) is 21.3 Å². The number of hydrogen-bond acceptors (Lipinski definition) is 7. The number of anilines is 1. The van der Waals surface area contributed by atoms with Gasteiger partial charge in [0.25, 0.3) is 5.91 Å². The zero-order chi connectivity index (χ0) is 13.9. The van der Waals surface area contributed by atoms with E-state index in [4.69, 9.17) is 0 Å². The van der Waals surface area contributed by atoms with Crippen molar-refractivity contribution in [3.63, 3.8) is 0 Å². The standard InChI is InChI=1S/C12H10N4OS3/c1-2-9-15-16-12(20-9)14-10(17)7-6-19-11(13-7)8-4-3-5-18-8/h3-6H,2H2,1H3,(H,14,16,17). The lowest BCUT2D eigenvalue weighted by molar-refractivity contribution is 0.102. The number of nitrogens with zero attached hydrogens (tertiary/aromatic N) is 3. The van der Waals surface area contributed by atoms with E-state index in [0.29, 0.717) is 10.8 Å². The fraction of sp³-hybridized carbons (Fsp3) is 0.167. The Hall–Kier alpha value is -1.64. The number of carbonyl (C=O) groups excluding carboxylic acids is 1. The Balaban J connectivity index is 1.74. The van der Waals surface area contributed by atoms with E-state index in [1.807, 2.05) is 24.4 Å². The Labute approximate surface area is 127 Å². The van der Waals surface area contributed by atoms with Crippen LogP contribution in [0.3, 0.4) is 0 Å². The second-order valence-corrected chi connectivity index (χ2v) is 6.69. The van der Waals surface area contributed by atoms with Crippen molar-refractivity contribution in [3.05, 3.63) is 33.6 Å². The fourth-order valence-corrected chi connectivity index (χ4v) is 3.79. The van der Waals surface area contributed by atoms with Gasteiger partial charge in [0.1, 0.15) is 15.7 Å². The van der Waals surface area contributed by atoms with Crippen LogP contribution >= 0.6 is 34.0 Å². The van der Waals surface area contributed by atoms with E-state index in [1.165, 1.54) is 22.7 Å². The largest absolute Gasteiger partial charge is 0.295 e. The van der Waals surface area contributed by atoms with Gasteiger partial charge in [-0.2, -0.15) is 0 Å². The van der Waals surface area contributed by atoms with Crippen molar-refractivity contribution in [1.82, 2.24) is 15.2 Å². The summed E-state index contributed by atoms with van der Waals surface area (Å²) < 4.78 is 0. The lowest BCUT2D eigenvalue weighted by Gasteiger charge is -1.96. The molecular weight excluding hydrogens is 312 g/mol. The zero-order valence-electron chi connectivity index (χ0n) is 10.5. The molecule has 0 atom stereocenters. The minimum atomic E-state index is -0.247. The summed E-state index contributed by atoms with van der Waals surface area (Å²) in [4.78, 5) is 17.5. The van der Waals surface area contributed by atoms with Crippen molar-refractivity contribution >= 4 is 45.0 Å². The van der Waals surface area contributed by atoms with Crippen molar-refractivity contribution in [3.8, 4) is 9.88 Å². The molecule has 0 radical (unpaired) electrons. The van der Waals surface area contributed by atoms with E-state index in [-0.39, 0.29) is 5.91 Å². The molecule has 3 rings (SSSR count).